The molecule has 1 aromatic carbocycles. The number of nitrogens with zero attached hydrogens (tertiary/aromatic N) is 3. The maximum atomic E-state index is 14.6. The fraction of sp³-hybridized carbons (Fsp3) is 0.438. The number of benzene rings is 1. The first-order valence-electron chi connectivity index (χ1n) is 7.82. The first kappa shape index (κ1) is 13.6. The predicted molar refractivity (Wildman–Crippen MR) is 85.0 cm³/mol. The van der Waals surface area contributed by atoms with Gasteiger partial charge in [-0.1, -0.05) is 0 Å². The van der Waals surface area contributed by atoms with Crippen molar-refractivity contribution in [1.29, 1.82) is 0 Å². The second-order valence-electron chi connectivity index (χ2n) is 6.03. The molecule has 4 rings (SSSR count). The quantitative estimate of drug-likeness (QED) is 0.649. The number of hydrogen-bond acceptors (Lipinski definition) is 4. The number of nitrogens with one attached hydrogen (secondary N) is 1. The summed E-state index contributed by atoms with van der Waals surface area (Å²) in [7, 11) is 0. The minimum Gasteiger partial charge on any atom is -0.367 e. The number of anilines is 1. The predicted octanol–water partition coefficient (Wildman–Crippen LogP) is 1.30. The number of hydrogen-bond donors (Lipinski definition) is 2. The van der Waals surface area contributed by atoms with E-state index in [4.69, 9.17) is 5.84 Å². The van der Waals surface area contributed by atoms with Gasteiger partial charge in [-0.2, -0.15) is 5.10 Å². The molecule has 0 atom stereocenters. The molecule has 1 aliphatic carbocycles. The summed E-state index contributed by atoms with van der Waals surface area (Å²) in [6, 6.07) is 5.93. The van der Waals surface area contributed by atoms with Crippen molar-refractivity contribution in [3.8, 4) is 0 Å². The van der Waals surface area contributed by atoms with Gasteiger partial charge in [0.15, 0.2) is 0 Å². The largest absolute Gasteiger partial charge is 0.367 e. The van der Waals surface area contributed by atoms with Gasteiger partial charge in [-0.3, -0.25) is 0 Å². The van der Waals surface area contributed by atoms with Gasteiger partial charge in [-0.05, 0) is 31.0 Å². The Labute approximate surface area is 128 Å². The Kier molecular flexibility index (Phi) is 3.26. The minimum absolute atomic E-state index is 0.201. The molecule has 1 saturated heterocycles. The van der Waals surface area contributed by atoms with E-state index in [1.807, 2.05) is 18.3 Å². The number of pyridine rings is 1. The molecule has 2 heterocycles. The van der Waals surface area contributed by atoms with Crippen LogP contribution in [-0.2, 0) is 0 Å². The molecule has 0 unspecified atom stereocenters. The Morgan fingerprint density at radius 3 is 2.68 bits per heavy atom. The lowest BCUT2D eigenvalue weighted by Gasteiger charge is -2.30. The van der Waals surface area contributed by atoms with Crippen LogP contribution in [0.15, 0.2) is 29.5 Å². The van der Waals surface area contributed by atoms with Crippen LogP contribution < -0.4 is 21.4 Å². The summed E-state index contributed by atoms with van der Waals surface area (Å²) < 4.78 is 16.8. The molecule has 1 aromatic heterocycles. The van der Waals surface area contributed by atoms with Gasteiger partial charge >= 0.3 is 0 Å². The van der Waals surface area contributed by atoms with Crippen molar-refractivity contribution in [3.63, 3.8) is 0 Å². The zero-order chi connectivity index (χ0) is 15.1. The fourth-order valence-corrected chi connectivity index (χ4v) is 3.22. The molecule has 2 fully saturated rings. The highest BCUT2D eigenvalue weighted by Gasteiger charge is 2.25. The lowest BCUT2D eigenvalue weighted by Crippen LogP contribution is -2.43. The van der Waals surface area contributed by atoms with Crippen LogP contribution in [0.3, 0.4) is 0 Å². The van der Waals surface area contributed by atoms with Crippen molar-refractivity contribution < 1.29 is 4.39 Å². The molecule has 0 spiro atoms. The monoisotopic (exact) mass is 301 g/mol. The van der Waals surface area contributed by atoms with Crippen molar-refractivity contribution in [3.05, 3.63) is 35.6 Å². The van der Waals surface area contributed by atoms with Crippen molar-refractivity contribution in [1.82, 2.24) is 9.88 Å². The first-order chi connectivity index (χ1) is 10.8. The smallest absolute Gasteiger partial charge is 0.147 e. The van der Waals surface area contributed by atoms with Crippen LogP contribution in [0.2, 0.25) is 0 Å². The Morgan fingerprint density at radius 2 is 2.00 bits per heavy atom. The number of fused-ring (bicyclic) bond motifs is 1. The molecule has 0 radical (unpaired) electrons. The summed E-state index contributed by atoms with van der Waals surface area (Å²) in [5.74, 6) is 5.26. The molecule has 0 bridgehead atoms. The van der Waals surface area contributed by atoms with Gasteiger partial charge in [0.2, 0.25) is 0 Å². The third kappa shape index (κ3) is 2.23. The molecule has 2 aromatic rings. The summed E-state index contributed by atoms with van der Waals surface area (Å²) >= 11 is 0. The molecule has 22 heavy (non-hydrogen) atoms. The standard InChI is InChI=1S/C16H20FN5/c17-13-9-12-14(20-18)3-6-22(11-1-2-11)15(12)10-16(13)21-7-4-19-5-8-21/h3,6,9-11,19H,1-2,4-5,7-8,18H2/b20-14+. The molecule has 1 aliphatic heterocycles. The van der Waals surface area contributed by atoms with Crippen molar-refractivity contribution in [2.24, 2.45) is 10.9 Å². The highest BCUT2D eigenvalue weighted by atomic mass is 19.1. The van der Waals surface area contributed by atoms with Crippen LogP contribution in [-0.4, -0.2) is 30.7 Å². The average molecular weight is 301 g/mol. The van der Waals surface area contributed by atoms with Crippen LogP contribution >= 0.6 is 0 Å². The Hall–Kier alpha value is -2.08. The number of aromatic nitrogens is 1. The fourth-order valence-electron chi connectivity index (χ4n) is 3.22. The molecule has 5 nitrogen and oxygen atoms in total. The third-order valence-corrected chi connectivity index (χ3v) is 4.55. The number of rotatable bonds is 2. The second-order valence-corrected chi connectivity index (χ2v) is 6.03. The van der Waals surface area contributed by atoms with Gasteiger partial charge in [0, 0.05) is 43.8 Å². The van der Waals surface area contributed by atoms with E-state index < -0.39 is 0 Å². The molecule has 3 N–H and O–H groups in total. The second kappa shape index (κ2) is 5.28. The maximum Gasteiger partial charge on any atom is 0.147 e. The van der Waals surface area contributed by atoms with E-state index in [-0.39, 0.29) is 5.82 Å². The Bertz CT molecular complexity index is 772. The zero-order valence-electron chi connectivity index (χ0n) is 12.4. The van der Waals surface area contributed by atoms with Crippen molar-refractivity contribution >= 4 is 16.6 Å². The number of nitrogens with two attached hydrogens (primary N) is 1. The van der Waals surface area contributed by atoms with E-state index in [9.17, 15) is 4.39 Å². The van der Waals surface area contributed by atoms with E-state index in [2.05, 4.69) is 19.9 Å². The van der Waals surface area contributed by atoms with E-state index in [0.717, 1.165) is 37.1 Å². The Morgan fingerprint density at radius 1 is 1.23 bits per heavy atom. The van der Waals surface area contributed by atoms with E-state index in [1.54, 1.807) is 6.07 Å². The van der Waals surface area contributed by atoms with Crippen LogP contribution in [0, 0.1) is 5.82 Å². The molecule has 0 amide bonds. The SMILES string of the molecule is N/N=c1\ccn(C2CC2)c2cc(N3CCNCC3)c(F)cc12. The lowest BCUT2D eigenvalue weighted by atomic mass is 10.1. The first-order valence-corrected chi connectivity index (χ1v) is 7.82. The molecule has 6 heteroatoms. The summed E-state index contributed by atoms with van der Waals surface area (Å²) in [6.45, 7) is 3.43. The minimum atomic E-state index is -0.201. The highest BCUT2D eigenvalue weighted by molar-refractivity contribution is 5.83. The highest BCUT2D eigenvalue weighted by Crippen LogP contribution is 2.37. The zero-order valence-corrected chi connectivity index (χ0v) is 12.4. The summed E-state index contributed by atoms with van der Waals surface area (Å²) in [5, 5.41) is 8.52. The lowest BCUT2D eigenvalue weighted by molar-refractivity contribution is 0.567. The van der Waals surface area contributed by atoms with Gasteiger partial charge in [-0.25, -0.2) is 4.39 Å². The third-order valence-electron chi connectivity index (χ3n) is 4.55. The van der Waals surface area contributed by atoms with Crippen molar-refractivity contribution in [2.45, 2.75) is 18.9 Å². The normalized spacial score (nSPS) is 19.9. The van der Waals surface area contributed by atoms with Gasteiger partial charge in [0.1, 0.15) is 5.82 Å². The van der Waals surface area contributed by atoms with E-state index >= 15 is 0 Å². The van der Waals surface area contributed by atoms with Gasteiger partial charge < -0.3 is 20.6 Å². The topological polar surface area (TPSA) is 58.6 Å². The molecule has 2 aliphatic rings. The van der Waals surface area contributed by atoms with Crippen LogP contribution in [0.25, 0.3) is 10.9 Å². The molecular formula is C16H20FN5. The van der Waals surface area contributed by atoms with E-state index in [0.29, 0.717) is 17.1 Å². The number of piperazine rings is 1. The van der Waals surface area contributed by atoms with Crippen molar-refractivity contribution in [2.75, 3.05) is 31.1 Å². The Balaban J connectivity index is 1.92. The van der Waals surface area contributed by atoms with Crippen LogP contribution in [0.4, 0.5) is 10.1 Å². The summed E-state index contributed by atoms with van der Waals surface area (Å²) in [4.78, 5) is 2.11. The molecule has 116 valence electrons. The molecular weight excluding hydrogens is 281 g/mol. The molecule has 1 saturated carbocycles. The summed E-state index contributed by atoms with van der Waals surface area (Å²) in [6.07, 6.45) is 4.38. The van der Waals surface area contributed by atoms with Crippen LogP contribution in [0.5, 0.6) is 0 Å². The number of halogens is 1. The van der Waals surface area contributed by atoms with Gasteiger partial charge in [0.25, 0.3) is 0 Å². The summed E-state index contributed by atoms with van der Waals surface area (Å²) in [5.41, 5.74) is 1.70. The van der Waals surface area contributed by atoms with E-state index in [1.165, 1.54) is 12.8 Å². The maximum absolute atomic E-state index is 14.6. The van der Waals surface area contributed by atoms with Gasteiger partial charge in [-0.15, -0.1) is 0 Å². The van der Waals surface area contributed by atoms with Gasteiger partial charge in [0.05, 0.1) is 16.6 Å². The van der Waals surface area contributed by atoms with Crippen LogP contribution in [0.1, 0.15) is 18.9 Å². The average Bonchev–Trinajstić information content (AvgIpc) is 3.39.